The lowest BCUT2D eigenvalue weighted by atomic mass is 10.3. The van der Waals surface area contributed by atoms with Crippen LogP contribution >= 0.6 is 11.3 Å². The number of fused-ring (bicyclic) bond motifs is 1. The van der Waals surface area contributed by atoms with E-state index in [1.54, 1.807) is 24.6 Å². The molecule has 0 amide bonds. The maximum atomic E-state index is 5.16. The number of hydrogen-bond acceptors (Lipinski definition) is 4. The van der Waals surface area contributed by atoms with Crippen LogP contribution in [0.5, 0.6) is 0 Å². The van der Waals surface area contributed by atoms with Crippen molar-refractivity contribution in [1.82, 2.24) is 14.8 Å². The molecule has 3 rings (SSSR count). The van der Waals surface area contributed by atoms with Crippen molar-refractivity contribution < 1.29 is 4.74 Å². The predicted octanol–water partition coefficient (Wildman–Crippen LogP) is 2.63. The van der Waals surface area contributed by atoms with E-state index in [9.17, 15) is 0 Å². The van der Waals surface area contributed by atoms with Crippen LogP contribution in [0.15, 0.2) is 35.8 Å². The molecule has 4 nitrogen and oxygen atoms in total. The molecular weight excluding hydrogens is 234 g/mol. The Hall–Kier alpha value is -1.72. The zero-order valence-corrected chi connectivity index (χ0v) is 10.1. The van der Waals surface area contributed by atoms with Gasteiger partial charge in [0.1, 0.15) is 4.83 Å². The van der Waals surface area contributed by atoms with Gasteiger partial charge >= 0.3 is 0 Å². The minimum absolute atomic E-state index is 0.521. The number of hydrogen-bond donors (Lipinski definition) is 0. The summed E-state index contributed by atoms with van der Waals surface area (Å²) in [6.07, 6.45) is 1.77. The summed E-state index contributed by atoms with van der Waals surface area (Å²) in [5, 5.41) is 7.75. The number of thiophene rings is 1. The summed E-state index contributed by atoms with van der Waals surface area (Å²) >= 11 is 1.66. The SMILES string of the molecule is COCc1nn(-c2ccccn2)c2sccc12. The molecule has 5 heteroatoms. The Morgan fingerprint density at radius 2 is 2.29 bits per heavy atom. The van der Waals surface area contributed by atoms with Crippen molar-refractivity contribution in [1.29, 1.82) is 0 Å². The fourth-order valence-corrected chi connectivity index (χ4v) is 2.66. The van der Waals surface area contributed by atoms with Gasteiger partial charge in [0.15, 0.2) is 5.82 Å². The largest absolute Gasteiger partial charge is 0.378 e. The number of nitrogens with zero attached hydrogens (tertiary/aromatic N) is 3. The molecule has 0 saturated heterocycles. The normalized spacial score (nSPS) is 11.1. The monoisotopic (exact) mass is 245 g/mol. The minimum atomic E-state index is 0.521. The van der Waals surface area contributed by atoms with E-state index in [4.69, 9.17) is 4.74 Å². The van der Waals surface area contributed by atoms with Crippen LogP contribution in [0.1, 0.15) is 5.69 Å². The molecular formula is C12H11N3OS. The van der Waals surface area contributed by atoms with E-state index >= 15 is 0 Å². The third-order valence-electron chi connectivity index (χ3n) is 2.52. The van der Waals surface area contributed by atoms with Crippen LogP contribution in [-0.2, 0) is 11.3 Å². The summed E-state index contributed by atoms with van der Waals surface area (Å²) in [4.78, 5) is 5.43. The summed E-state index contributed by atoms with van der Waals surface area (Å²) in [5.41, 5.74) is 0.953. The first-order valence-corrected chi connectivity index (χ1v) is 6.13. The van der Waals surface area contributed by atoms with E-state index in [1.807, 2.05) is 22.9 Å². The summed E-state index contributed by atoms with van der Waals surface area (Å²) in [6.45, 7) is 0.521. The highest BCUT2D eigenvalue weighted by Gasteiger charge is 2.12. The summed E-state index contributed by atoms with van der Waals surface area (Å²) in [5.74, 6) is 0.835. The summed E-state index contributed by atoms with van der Waals surface area (Å²) in [6, 6.07) is 7.87. The Morgan fingerprint density at radius 1 is 1.35 bits per heavy atom. The van der Waals surface area contributed by atoms with E-state index in [-0.39, 0.29) is 0 Å². The van der Waals surface area contributed by atoms with Crippen molar-refractivity contribution >= 4 is 21.6 Å². The molecule has 0 radical (unpaired) electrons. The van der Waals surface area contributed by atoms with Gasteiger partial charge in [-0.05, 0) is 23.6 Å². The van der Waals surface area contributed by atoms with Gasteiger partial charge in [0.25, 0.3) is 0 Å². The van der Waals surface area contributed by atoms with Crippen LogP contribution in [0.25, 0.3) is 16.0 Å². The molecule has 0 atom stereocenters. The van der Waals surface area contributed by atoms with Gasteiger partial charge in [-0.3, -0.25) is 0 Å². The van der Waals surface area contributed by atoms with Crippen LogP contribution in [0.2, 0.25) is 0 Å². The molecule has 0 saturated carbocycles. The summed E-state index contributed by atoms with van der Waals surface area (Å²) in [7, 11) is 1.68. The molecule has 0 aliphatic carbocycles. The summed E-state index contributed by atoms with van der Waals surface area (Å²) < 4.78 is 7.03. The first-order valence-electron chi connectivity index (χ1n) is 5.25. The Kier molecular flexibility index (Phi) is 2.62. The van der Waals surface area contributed by atoms with Crippen molar-refractivity contribution in [3.63, 3.8) is 0 Å². The molecule has 0 fully saturated rings. The second-order valence-corrected chi connectivity index (χ2v) is 4.51. The van der Waals surface area contributed by atoms with Crippen molar-refractivity contribution in [2.45, 2.75) is 6.61 Å². The molecule has 17 heavy (non-hydrogen) atoms. The van der Waals surface area contributed by atoms with Crippen molar-refractivity contribution in [2.24, 2.45) is 0 Å². The third kappa shape index (κ3) is 1.73. The number of aromatic nitrogens is 3. The zero-order valence-electron chi connectivity index (χ0n) is 9.33. The number of ether oxygens (including phenoxy) is 1. The maximum Gasteiger partial charge on any atom is 0.154 e. The van der Waals surface area contributed by atoms with E-state index in [2.05, 4.69) is 21.5 Å². The lowest BCUT2D eigenvalue weighted by Crippen LogP contribution is -1.99. The van der Waals surface area contributed by atoms with Gasteiger partial charge in [0.2, 0.25) is 0 Å². The van der Waals surface area contributed by atoms with E-state index in [0.29, 0.717) is 6.61 Å². The first-order chi connectivity index (χ1) is 8.40. The predicted molar refractivity (Wildman–Crippen MR) is 67.5 cm³/mol. The number of methoxy groups -OCH3 is 1. The fraction of sp³-hybridized carbons (Fsp3) is 0.167. The standard InChI is InChI=1S/C12H11N3OS/c1-16-8-10-9-5-7-17-12(9)15(14-10)11-4-2-3-6-13-11/h2-7H,8H2,1H3. The van der Waals surface area contributed by atoms with Crippen molar-refractivity contribution in [3.05, 3.63) is 41.5 Å². The molecule has 0 N–H and O–H groups in total. The molecule has 86 valence electrons. The van der Waals surface area contributed by atoms with Gasteiger partial charge in [-0.15, -0.1) is 11.3 Å². The van der Waals surface area contributed by atoms with Crippen molar-refractivity contribution in [2.75, 3.05) is 7.11 Å². The third-order valence-corrected chi connectivity index (χ3v) is 3.40. The van der Waals surface area contributed by atoms with Crippen molar-refractivity contribution in [3.8, 4) is 5.82 Å². The Labute approximate surface area is 102 Å². The highest BCUT2D eigenvalue weighted by molar-refractivity contribution is 7.16. The van der Waals surface area contributed by atoms with Gasteiger partial charge in [0.05, 0.1) is 12.3 Å². The molecule has 0 unspecified atom stereocenters. The fourth-order valence-electron chi connectivity index (χ4n) is 1.78. The lowest BCUT2D eigenvalue weighted by molar-refractivity contribution is 0.182. The van der Waals surface area contributed by atoms with E-state index in [1.165, 1.54) is 0 Å². The van der Waals surface area contributed by atoms with Crippen LogP contribution in [0, 0.1) is 0 Å². The van der Waals surface area contributed by atoms with Crippen LogP contribution in [-0.4, -0.2) is 21.9 Å². The smallest absolute Gasteiger partial charge is 0.154 e. The average molecular weight is 245 g/mol. The number of rotatable bonds is 3. The zero-order chi connectivity index (χ0) is 11.7. The highest BCUT2D eigenvalue weighted by Crippen LogP contribution is 2.26. The Morgan fingerprint density at radius 3 is 3.06 bits per heavy atom. The van der Waals surface area contributed by atoms with Gasteiger partial charge in [-0.1, -0.05) is 6.07 Å². The lowest BCUT2D eigenvalue weighted by Gasteiger charge is -1.99. The quantitative estimate of drug-likeness (QED) is 0.712. The van der Waals surface area contributed by atoms with E-state index in [0.717, 1.165) is 21.7 Å². The molecule has 0 aromatic carbocycles. The molecule has 3 aromatic heterocycles. The molecule has 0 aliphatic rings. The Balaban J connectivity index is 2.20. The molecule has 3 heterocycles. The second kappa shape index (κ2) is 4.27. The first kappa shape index (κ1) is 10.4. The molecule has 0 spiro atoms. The molecule has 3 aromatic rings. The Bertz CT molecular complexity index is 630. The van der Waals surface area contributed by atoms with Gasteiger partial charge in [-0.2, -0.15) is 5.10 Å². The second-order valence-electron chi connectivity index (χ2n) is 3.62. The van der Waals surface area contributed by atoms with Gasteiger partial charge in [0, 0.05) is 18.7 Å². The highest BCUT2D eigenvalue weighted by atomic mass is 32.1. The van der Waals surface area contributed by atoms with Gasteiger partial charge in [-0.25, -0.2) is 9.67 Å². The average Bonchev–Trinajstić information content (AvgIpc) is 2.94. The topological polar surface area (TPSA) is 39.9 Å². The van der Waals surface area contributed by atoms with Crippen LogP contribution in [0.4, 0.5) is 0 Å². The van der Waals surface area contributed by atoms with Gasteiger partial charge < -0.3 is 4.74 Å². The molecule has 0 aliphatic heterocycles. The van der Waals surface area contributed by atoms with E-state index < -0.39 is 0 Å². The maximum absolute atomic E-state index is 5.16. The van der Waals surface area contributed by atoms with Crippen LogP contribution < -0.4 is 0 Å². The minimum Gasteiger partial charge on any atom is -0.378 e. The van der Waals surface area contributed by atoms with Crippen LogP contribution in [0.3, 0.4) is 0 Å². The molecule has 0 bridgehead atoms. The number of pyridine rings is 1.